The molecule has 1 atom stereocenters. The van der Waals surface area contributed by atoms with Crippen molar-refractivity contribution in [3.05, 3.63) is 24.2 Å². The number of aliphatic hydroxyl groups excluding tert-OH is 1. The van der Waals surface area contributed by atoms with Gasteiger partial charge in [0.2, 0.25) is 0 Å². The molecule has 2 nitrogen and oxygen atoms in total. The molecule has 0 spiro atoms. The summed E-state index contributed by atoms with van der Waals surface area (Å²) >= 11 is 0. The molecule has 74 valence electrons. The van der Waals surface area contributed by atoms with Crippen molar-refractivity contribution in [3.8, 4) is 0 Å². The van der Waals surface area contributed by atoms with Crippen LogP contribution in [0.1, 0.15) is 45.5 Å². The van der Waals surface area contributed by atoms with Gasteiger partial charge in [0.25, 0.3) is 0 Å². The molecule has 1 heterocycles. The highest BCUT2D eigenvalue weighted by Gasteiger charge is 2.15. The van der Waals surface area contributed by atoms with Gasteiger partial charge in [0.05, 0.1) is 6.26 Å². The van der Waals surface area contributed by atoms with E-state index in [0.29, 0.717) is 5.76 Å². The Balaban J connectivity index is 2.39. The molecule has 0 aliphatic rings. The second-order valence-corrected chi connectivity index (χ2v) is 4.63. The zero-order chi connectivity index (χ0) is 9.90. The Kier molecular flexibility index (Phi) is 3.15. The normalized spacial score (nSPS) is 14.5. The average molecular weight is 182 g/mol. The van der Waals surface area contributed by atoms with E-state index in [1.807, 2.05) is 6.07 Å². The van der Waals surface area contributed by atoms with E-state index in [2.05, 4.69) is 20.8 Å². The molecule has 0 saturated carbocycles. The Morgan fingerprint density at radius 3 is 2.62 bits per heavy atom. The first-order chi connectivity index (χ1) is 5.99. The molecule has 1 rings (SSSR count). The molecule has 0 aliphatic heterocycles. The molecule has 0 radical (unpaired) electrons. The van der Waals surface area contributed by atoms with Gasteiger partial charge in [-0.3, -0.25) is 0 Å². The fraction of sp³-hybridized carbons (Fsp3) is 0.636. The van der Waals surface area contributed by atoms with Crippen LogP contribution in [0.2, 0.25) is 0 Å². The van der Waals surface area contributed by atoms with Crippen molar-refractivity contribution in [2.75, 3.05) is 0 Å². The molecule has 1 N–H and O–H groups in total. The van der Waals surface area contributed by atoms with Crippen LogP contribution >= 0.6 is 0 Å². The largest absolute Gasteiger partial charge is 0.467 e. The van der Waals surface area contributed by atoms with Gasteiger partial charge in [0.1, 0.15) is 11.9 Å². The maximum Gasteiger partial charge on any atom is 0.132 e. The van der Waals surface area contributed by atoms with Gasteiger partial charge in [-0.05, 0) is 30.4 Å². The van der Waals surface area contributed by atoms with Crippen LogP contribution in [0.3, 0.4) is 0 Å². The maximum atomic E-state index is 9.68. The maximum absolute atomic E-state index is 9.68. The summed E-state index contributed by atoms with van der Waals surface area (Å²) < 4.78 is 5.11. The summed E-state index contributed by atoms with van der Waals surface area (Å²) in [4.78, 5) is 0. The fourth-order valence-corrected chi connectivity index (χ4v) is 1.19. The van der Waals surface area contributed by atoms with Crippen molar-refractivity contribution in [3.63, 3.8) is 0 Å². The van der Waals surface area contributed by atoms with Crippen molar-refractivity contribution >= 4 is 0 Å². The predicted octanol–water partition coefficient (Wildman–Crippen LogP) is 3.14. The monoisotopic (exact) mass is 182 g/mol. The van der Waals surface area contributed by atoms with Gasteiger partial charge in [-0.1, -0.05) is 20.8 Å². The Morgan fingerprint density at radius 1 is 1.46 bits per heavy atom. The first-order valence-corrected chi connectivity index (χ1v) is 4.70. The predicted molar refractivity (Wildman–Crippen MR) is 52.4 cm³/mol. The minimum absolute atomic E-state index is 0.271. The van der Waals surface area contributed by atoms with Crippen molar-refractivity contribution in [1.29, 1.82) is 0 Å². The van der Waals surface area contributed by atoms with Gasteiger partial charge in [0, 0.05) is 0 Å². The van der Waals surface area contributed by atoms with E-state index in [0.717, 1.165) is 12.8 Å². The van der Waals surface area contributed by atoms with E-state index < -0.39 is 6.10 Å². The van der Waals surface area contributed by atoms with Crippen LogP contribution < -0.4 is 0 Å². The lowest BCUT2D eigenvalue weighted by Gasteiger charge is -2.19. The van der Waals surface area contributed by atoms with Crippen LogP contribution in [0.25, 0.3) is 0 Å². The molecule has 1 unspecified atom stereocenters. The molecule has 13 heavy (non-hydrogen) atoms. The summed E-state index contributed by atoms with van der Waals surface area (Å²) in [6.45, 7) is 6.51. The first kappa shape index (κ1) is 10.3. The molecule has 0 fully saturated rings. The molecule has 1 aromatic heterocycles. The SMILES string of the molecule is CC(C)(C)CCC(O)c1ccco1. The van der Waals surface area contributed by atoms with Gasteiger partial charge in [-0.25, -0.2) is 0 Å². The number of rotatable bonds is 3. The van der Waals surface area contributed by atoms with Gasteiger partial charge >= 0.3 is 0 Å². The van der Waals surface area contributed by atoms with E-state index in [-0.39, 0.29) is 5.41 Å². The third-order valence-corrected chi connectivity index (χ3v) is 2.04. The smallest absolute Gasteiger partial charge is 0.132 e. The van der Waals surface area contributed by atoms with Crippen molar-refractivity contribution in [2.45, 2.75) is 39.7 Å². The van der Waals surface area contributed by atoms with Crippen LogP contribution in [-0.2, 0) is 0 Å². The quantitative estimate of drug-likeness (QED) is 0.779. The van der Waals surface area contributed by atoms with Crippen LogP contribution in [-0.4, -0.2) is 5.11 Å². The minimum atomic E-state index is -0.450. The lowest BCUT2D eigenvalue weighted by molar-refractivity contribution is 0.124. The highest BCUT2D eigenvalue weighted by Crippen LogP contribution is 2.27. The summed E-state index contributed by atoms with van der Waals surface area (Å²) in [7, 11) is 0. The summed E-state index contributed by atoms with van der Waals surface area (Å²) in [6.07, 6.45) is 2.90. The average Bonchev–Trinajstić information content (AvgIpc) is 2.50. The van der Waals surface area contributed by atoms with Crippen LogP contribution in [0.4, 0.5) is 0 Å². The fourth-order valence-electron chi connectivity index (χ4n) is 1.19. The summed E-state index contributed by atoms with van der Waals surface area (Å²) in [5, 5.41) is 9.68. The molecular formula is C11H18O2. The first-order valence-electron chi connectivity index (χ1n) is 4.70. The standard InChI is InChI=1S/C11H18O2/c1-11(2,3)7-6-9(12)10-5-4-8-13-10/h4-5,8-9,12H,6-7H2,1-3H3. The third-order valence-electron chi connectivity index (χ3n) is 2.04. The third kappa shape index (κ3) is 3.64. The molecular weight excluding hydrogens is 164 g/mol. The van der Waals surface area contributed by atoms with Crippen LogP contribution in [0.15, 0.2) is 22.8 Å². The van der Waals surface area contributed by atoms with Crippen LogP contribution in [0.5, 0.6) is 0 Å². The zero-order valence-corrected chi connectivity index (χ0v) is 8.58. The molecule has 0 aromatic carbocycles. The van der Waals surface area contributed by atoms with Crippen molar-refractivity contribution in [2.24, 2.45) is 5.41 Å². The Morgan fingerprint density at radius 2 is 2.15 bits per heavy atom. The number of hydrogen-bond acceptors (Lipinski definition) is 2. The molecule has 2 heteroatoms. The Bertz CT molecular complexity index is 231. The summed E-state index contributed by atoms with van der Waals surface area (Å²) in [5.41, 5.74) is 0.271. The second kappa shape index (κ2) is 3.97. The molecule has 0 amide bonds. The van der Waals surface area contributed by atoms with E-state index >= 15 is 0 Å². The zero-order valence-electron chi connectivity index (χ0n) is 8.58. The number of aliphatic hydroxyl groups is 1. The molecule has 0 bridgehead atoms. The van der Waals surface area contributed by atoms with Crippen LogP contribution in [0, 0.1) is 5.41 Å². The Labute approximate surface area is 79.6 Å². The molecule has 1 aromatic rings. The van der Waals surface area contributed by atoms with Gasteiger partial charge in [-0.2, -0.15) is 0 Å². The summed E-state index contributed by atoms with van der Waals surface area (Å²) in [5.74, 6) is 0.671. The van der Waals surface area contributed by atoms with Gasteiger partial charge < -0.3 is 9.52 Å². The number of hydrogen-bond donors (Lipinski definition) is 1. The van der Waals surface area contributed by atoms with Crippen molar-refractivity contribution in [1.82, 2.24) is 0 Å². The van der Waals surface area contributed by atoms with E-state index in [1.54, 1.807) is 12.3 Å². The summed E-state index contributed by atoms with van der Waals surface area (Å²) in [6, 6.07) is 3.61. The lowest BCUT2D eigenvalue weighted by atomic mass is 9.89. The second-order valence-electron chi connectivity index (χ2n) is 4.63. The molecule has 0 aliphatic carbocycles. The van der Waals surface area contributed by atoms with E-state index in [1.165, 1.54) is 0 Å². The van der Waals surface area contributed by atoms with E-state index in [4.69, 9.17) is 4.42 Å². The Hall–Kier alpha value is -0.760. The topological polar surface area (TPSA) is 33.4 Å². The highest BCUT2D eigenvalue weighted by molar-refractivity contribution is 5.01. The number of furan rings is 1. The van der Waals surface area contributed by atoms with Gasteiger partial charge in [0.15, 0.2) is 0 Å². The molecule has 0 saturated heterocycles. The van der Waals surface area contributed by atoms with Crippen molar-refractivity contribution < 1.29 is 9.52 Å². The minimum Gasteiger partial charge on any atom is -0.467 e. The lowest BCUT2D eigenvalue weighted by Crippen LogP contribution is -2.07. The van der Waals surface area contributed by atoms with E-state index in [9.17, 15) is 5.11 Å². The van der Waals surface area contributed by atoms with Gasteiger partial charge in [-0.15, -0.1) is 0 Å². The highest BCUT2D eigenvalue weighted by atomic mass is 16.4.